The third kappa shape index (κ3) is 5.22. The van der Waals surface area contributed by atoms with Gasteiger partial charge in [-0.3, -0.25) is 0 Å². The molecule has 0 aromatic carbocycles. The number of fused-ring (bicyclic) bond motifs is 1. The first kappa shape index (κ1) is 21.7. The summed E-state index contributed by atoms with van der Waals surface area (Å²) in [5.74, 6) is 0.637. The Hall–Kier alpha value is -1.61. The largest absolute Gasteiger partial charge is 0.478 e. The first-order valence-corrected chi connectivity index (χ1v) is 10.1. The summed E-state index contributed by atoms with van der Waals surface area (Å²) in [5.41, 5.74) is 1.42. The molecular weight excluding hydrogens is 336 g/mol. The Labute approximate surface area is 164 Å². The highest BCUT2D eigenvalue weighted by Crippen LogP contribution is 2.58. The number of carboxylic acid groups (broad SMARTS) is 1. The van der Waals surface area contributed by atoms with Crippen molar-refractivity contribution in [1.29, 1.82) is 0 Å². The van der Waals surface area contributed by atoms with Crippen molar-refractivity contribution in [3.63, 3.8) is 0 Å². The minimum absolute atomic E-state index is 0.0190. The fourth-order valence-electron chi connectivity index (χ4n) is 5.04. The van der Waals surface area contributed by atoms with Crippen molar-refractivity contribution in [3.05, 3.63) is 48.6 Å². The number of aliphatic carboxylic acids is 1. The third-order valence-corrected chi connectivity index (χ3v) is 7.08. The Kier molecular flexibility index (Phi) is 6.57. The van der Waals surface area contributed by atoms with Gasteiger partial charge in [0.2, 0.25) is 0 Å². The lowest BCUT2D eigenvalue weighted by Crippen LogP contribution is -2.48. The molecular formula is C24H36O3. The van der Waals surface area contributed by atoms with Crippen molar-refractivity contribution in [2.24, 2.45) is 28.6 Å². The van der Waals surface area contributed by atoms with Gasteiger partial charge in [0.1, 0.15) is 0 Å². The predicted molar refractivity (Wildman–Crippen MR) is 111 cm³/mol. The van der Waals surface area contributed by atoms with Crippen LogP contribution in [0.5, 0.6) is 0 Å². The van der Waals surface area contributed by atoms with Crippen LogP contribution in [-0.2, 0) is 4.79 Å². The van der Waals surface area contributed by atoms with Gasteiger partial charge >= 0.3 is 5.97 Å². The van der Waals surface area contributed by atoms with Crippen LogP contribution in [0.2, 0.25) is 0 Å². The molecule has 0 saturated heterocycles. The Balaban J connectivity index is 2.00. The van der Waals surface area contributed by atoms with E-state index in [1.807, 2.05) is 6.08 Å². The second-order valence-electron chi connectivity index (χ2n) is 9.85. The van der Waals surface area contributed by atoms with E-state index >= 15 is 0 Å². The van der Waals surface area contributed by atoms with E-state index in [1.165, 1.54) is 25.3 Å². The average molecular weight is 373 g/mol. The normalized spacial score (nSPS) is 30.8. The summed E-state index contributed by atoms with van der Waals surface area (Å²) in [6.45, 7) is 17.0. The fourth-order valence-corrected chi connectivity index (χ4v) is 5.04. The van der Waals surface area contributed by atoms with Crippen molar-refractivity contribution in [1.82, 2.24) is 0 Å². The quantitative estimate of drug-likeness (QED) is 0.476. The molecule has 27 heavy (non-hydrogen) atoms. The number of rotatable bonds is 6. The summed E-state index contributed by atoms with van der Waals surface area (Å²) in [6.07, 6.45) is 12.0. The summed E-state index contributed by atoms with van der Waals surface area (Å²) >= 11 is 0. The van der Waals surface area contributed by atoms with E-state index in [1.54, 1.807) is 12.2 Å². The standard InChI is InChI=1S/C24H36O3/c1-16(7-9-17(2)22(26)27)8-12-21(25)18-10-11-19-20(15-18)24(5,6)14-13-23(19,3)4/h7-9,12,18-21,25H,1-2,10-11,13-15H2,3-6H3,(H,26,27)/b9-7-,12-8+. The molecule has 2 aliphatic rings. The van der Waals surface area contributed by atoms with Crippen molar-refractivity contribution in [2.45, 2.75) is 65.9 Å². The minimum atomic E-state index is -1.04. The lowest BCUT2D eigenvalue weighted by molar-refractivity contribution is -0.132. The number of hydrogen-bond acceptors (Lipinski definition) is 2. The van der Waals surface area contributed by atoms with Crippen molar-refractivity contribution >= 4 is 5.97 Å². The van der Waals surface area contributed by atoms with Crippen LogP contribution in [0.15, 0.2) is 48.6 Å². The van der Waals surface area contributed by atoms with Crippen LogP contribution in [0.1, 0.15) is 59.8 Å². The van der Waals surface area contributed by atoms with Crippen LogP contribution in [0.25, 0.3) is 0 Å². The molecule has 0 aromatic rings. The van der Waals surface area contributed by atoms with Gasteiger partial charge in [-0.25, -0.2) is 4.79 Å². The minimum Gasteiger partial charge on any atom is -0.478 e. The molecule has 0 heterocycles. The first-order valence-electron chi connectivity index (χ1n) is 10.1. The molecule has 0 aromatic heterocycles. The number of allylic oxidation sites excluding steroid dienone is 3. The molecule has 2 fully saturated rings. The summed E-state index contributed by atoms with van der Waals surface area (Å²) in [5, 5.41) is 19.5. The van der Waals surface area contributed by atoms with E-state index in [9.17, 15) is 9.90 Å². The predicted octanol–water partition coefficient (Wildman–Crippen LogP) is 5.54. The molecule has 4 unspecified atom stereocenters. The molecule has 0 bridgehead atoms. The van der Waals surface area contributed by atoms with Gasteiger partial charge in [-0.2, -0.15) is 0 Å². The summed E-state index contributed by atoms with van der Waals surface area (Å²) in [6, 6.07) is 0. The molecule has 150 valence electrons. The highest BCUT2D eigenvalue weighted by molar-refractivity contribution is 5.89. The van der Waals surface area contributed by atoms with Gasteiger partial charge in [-0.15, -0.1) is 0 Å². The van der Waals surface area contributed by atoms with Crippen LogP contribution in [0.3, 0.4) is 0 Å². The van der Waals surface area contributed by atoms with Crippen LogP contribution in [0.4, 0.5) is 0 Å². The van der Waals surface area contributed by atoms with Crippen molar-refractivity contribution in [2.75, 3.05) is 0 Å². The molecule has 0 spiro atoms. The van der Waals surface area contributed by atoms with E-state index in [-0.39, 0.29) is 11.5 Å². The number of aliphatic hydroxyl groups is 1. The molecule has 2 N–H and O–H groups in total. The van der Waals surface area contributed by atoms with Gasteiger partial charge in [0.25, 0.3) is 0 Å². The molecule has 0 radical (unpaired) electrons. The molecule has 3 heteroatoms. The van der Waals surface area contributed by atoms with Gasteiger partial charge in [-0.1, -0.05) is 59.1 Å². The fraction of sp³-hybridized carbons (Fsp3) is 0.625. The molecule has 0 aliphatic heterocycles. The van der Waals surface area contributed by atoms with E-state index < -0.39 is 12.1 Å². The highest BCUT2D eigenvalue weighted by Gasteiger charge is 2.50. The molecule has 3 nitrogen and oxygen atoms in total. The third-order valence-electron chi connectivity index (χ3n) is 7.08. The zero-order chi connectivity index (χ0) is 20.4. The molecule has 2 saturated carbocycles. The summed E-state index contributed by atoms with van der Waals surface area (Å²) in [4.78, 5) is 10.8. The van der Waals surface area contributed by atoms with Crippen molar-refractivity contribution < 1.29 is 15.0 Å². The monoisotopic (exact) mass is 372 g/mol. The van der Waals surface area contributed by atoms with E-state index in [4.69, 9.17) is 5.11 Å². The maximum atomic E-state index is 10.8. The van der Waals surface area contributed by atoms with Crippen LogP contribution in [0, 0.1) is 28.6 Å². The summed E-state index contributed by atoms with van der Waals surface area (Å²) in [7, 11) is 0. The van der Waals surface area contributed by atoms with Crippen molar-refractivity contribution in [3.8, 4) is 0 Å². The SMILES string of the molecule is C=C(/C=C\C(=C)C(=O)O)/C=C/C(O)C1CCC2C(C1)C(C)(C)CCC2(C)C. The van der Waals surface area contributed by atoms with E-state index in [0.29, 0.717) is 22.3 Å². The van der Waals surface area contributed by atoms with Gasteiger partial charge in [0.15, 0.2) is 0 Å². The smallest absolute Gasteiger partial charge is 0.335 e. The highest BCUT2D eigenvalue weighted by atomic mass is 16.4. The van der Waals surface area contributed by atoms with Gasteiger partial charge < -0.3 is 10.2 Å². The van der Waals surface area contributed by atoms with Crippen LogP contribution in [-0.4, -0.2) is 22.3 Å². The molecule has 2 aliphatic carbocycles. The van der Waals surface area contributed by atoms with Gasteiger partial charge in [-0.05, 0) is 72.3 Å². The molecule has 4 atom stereocenters. The average Bonchev–Trinajstić information content (AvgIpc) is 2.61. The van der Waals surface area contributed by atoms with E-state index in [2.05, 4.69) is 40.9 Å². The second-order valence-corrected chi connectivity index (χ2v) is 9.85. The topological polar surface area (TPSA) is 57.5 Å². The van der Waals surface area contributed by atoms with E-state index in [0.717, 1.165) is 18.8 Å². The van der Waals surface area contributed by atoms with Crippen LogP contribution >= 0.6 is 0 Å². The Morgan fingerprint density at radius 3 is 2.19 bits per heavy atom. The molecule has 2 rings (SSSR count). The molecule has 0 amide bonds. The van der Waals surface area contributed by atoms with Gasteiger partial charge in [0.05, 0.1) is 11.7 Å². The first-order chi connectivity index (χ1) is 12.4. The lowest BCUT2D eigenvalue weighted by Gasteiger charge is -2.56. The Morgan fingerprint density at radius 1 is 1.00 bits per heavy atom. The summed E-state index contributed by atoms with van der Waals surface area (Å²) < 4.78 is 0. The Bertz CT molecular complexity index is 651. The van der Waals surface area contributed by atoms with Crippen LogP contribution < -0.4 is 0 Å². The number of carboxylic acids is 1. The van der Waals surface area contributed by atoms with Gasteiger partial charge in [0, 0.05) is 0 Å². The maximum Gasteiger partial charge on any atom is 0.335 e. The number of hydrogen-bond donors (Lipinski definition) is 2. The Morgan fingerprint density at radius 2 is 1.59 bits per heavy atom. The zero-order valence-electron chi connectivity index (χ0n) is 17.4. The maximum absolute atomic E-state index is 10.8. The second kappa shape index (κ2) is 8.18. The number of carbonyl (C=O) groups is 1. The number of aliphatic hydroxyl groups excluding tert-OH is 1. The lowest BCUT2D eigenvalue weighted by atomic mass is 9.49. The zero-order valence-corrected chi connectivity index (χ0v) is 17.4.